The first-order chi connectivity index (χ1) is 10.2. The lowest BCUT2D eigenvalue weighted by atomic mass is 10.0. The van der Waals surface area contributed by atoms with Crippen LogP contribution >= 0.6 is 12.4 Å². The van der Waals surface area contributed by atoms with Gasteiger partial charge in [-0.15, -0.1) is 12.4 Å². The molecule has 124 valence electrons. The number of ketones is 1. The molecule has 1 aromatic rings. The molecule has 0 radical (unpaired) electrons. The zero-order chi connectivity index (χ0) is 15.2. The normalized spacial score (nSPS) is 14.5. The molecule has 1 aliphatic heterocycles. The van der Waals surface area contributed by atoms with Crippen LogP contribution in [0.2, 0.25) is 0 Å². The van der Waals surface area contributed by atoms with Crippen LogP contribution in [0.4, 0.5) is 0 Å². The monoisotopic (exact) mass is 329 g/mol. The summed E-state index contributed by atoms with van der Waals surface area (Å²) >= 11 is 0. The van der Waals surface area contributed by atoms with E-state index in [1.54, 1.807) is 6.07 Å². The topological polar surface area (TPSA) is 59.0 Å². The van der Waals surface area contributed by atoms with E-state index in [-0.39, 0.29) is 29.5 Å². The molecular formula is C16H24ClNO4. The first-order valence-corrected chi connectivity index (χ1v) is 7.36. The van der Waals surface area contributed by atoms with Gasteiger partial charge in [0.25, 0.3) is 0 Å². The molecule has 0 aliphatic carbocycles. The highest BCUT2D eigenvalue weighted by molar-refractivity contribution is 6.01. The Labute approximate surface area is 137 Å². The lowest BCUT2D eigenvalue weighted by Crippen LogP contribution is -2.21. The van der Waals surface area contributed by atoms with Crippen molar-refractivity contribution in [3.05, 3.63) is 17.7 Å². The van der Waals surface area contributed by atoms with E-state index in [1.165, 1.54) is 33.1 Å². The minimum absolute atomic E-state index is 0. The number of aromatic hydroxyl groups is 1. The number of benzene rings is 1. The number of likely N-dealkylation sites (tertiary alicyclic amines) is 1. The van der Waals surface area contributed by atoms with Crippen LogP contribution in [0.25, 0.3) is 0 Å². The fraction of sp³-hybridized carbons (Fsp3) is 0.562. The summed E-state index contributed by atoms with van der Waals surface area (Å²) in [6, 6.07) is 3.06. The van der Waals surface area contributed by atoms with Crippen molar-refractivity contribution in [1.82, 2.24) is 4.90 Å². The van der Waals surface area contributed by atoms with Crippen LogP contribution in [0.3, 0.4) is 0 Å². The third-order valence-electron chi connectivity index (χ3n) is 3.87. The van der Waals surface area contributed by atoms with E-state index in [2.05, 4.69) is 4.90 Å². The Balaban J connectivity index is 0.00000242. The summed E-state index contributed by atoms with van der Waals surface area (Å²) in [5.74, 6) is 0.652. The number of hydrogen-bond donors (Lipinski definition) is 1. The number of rotatable bonds is 7. The number of methoxy groups -OCH3 is 2. The average molecular weight is 330 g/mol. The van der Waals surface area contributed by atoms with Crippen molar-refractivity contribution in [3.63, 3.8) is 0 Å². The minimum atomic E-state index is -0.0915. The van der Waals surface area contributed by atoms with Crippen molar-refractivity contribution in [3.8, 4) is 17.2 Å². The molecule has 0 spiro atoms. The second-order valence-electron chi connectivity index (χ2n) is 5.30. The van der Waals surface area contributed by atoms with Crippen LogP contribution in [0.1, 0.15) is 36.0 Å². The van der Waals surface area contributed by atoms with E-state index in [1.807, 2.05) is 0 Å². The van der Waals surface area contributed by atoms with E-state index in [0.29, 0.717) is 17.9 Å². The number of phenols is 1. The van der Waals surface area contributed by atoms with Crippen LogP contribution in [0.5, 0.6) is 17.2 Å². The molecule has 0 aromatic heterocycles. The fourth-order valence-corrected chi connectivity index (χ4v) is 2.73. The minimum Gasteiger partial charge on any atom is -0.507 e. The summed E-state index contributed by atoms with van der Waals surface area (Å²) in [6.07, 6.45) is 3.71. The van der Waals surface area contributed by atoms with Crippen LogP contribution in [0, 0.1) is 0 Å². The highest BCUT2D eigenvalue weighted by Gasteiger charge is 2.19. The number of ether oxygens (including phenoxy) is 2. The van der Waals surface area contributed by atoms with Gasteiger partial charge in [-0.1, -0.05) is 0 Å². The molecule has 0 saturated carbocycles. The lowest BCUT2D eigenvalue weighted by molar-refractivity contribution is 0.0970. The lowest BCUT2D eigenvalue weighted by Gasteiger charge is -2.15. The first kappa shape index (κ1) is 18.6. The van der Waals surface area contributed by atoms with Gasteiger partial charge in [0.05, 0.1) is 14.2 Å². The summed E-state index contributed by atoms with van der Waals surface area (Å²) in [7, 11) is 2.99. The van der Waals surface area contributed by atoms with Gasteiger partial charge >= 0.3 is 0 Å². The molecule has 1 N–H and O–H groups in total. The zero-order valence-corrected chi connectivity index (χ0v) is 13.9. The zero-order valence-electron chi connectivity index (χ0n) is 13.1. The predicted molar refractivity (Wildman–Crippen MR) is 87.7 cm³/mol. The summed E-state index contributed by atoms with van der Waals surface area (Å²) in [5.41, 5.74) is 0.250. The van der Waals surface area contributed by atoms with Crippen molar-refractivity contribution < 1.29 is 19.4 Å². The Hall–Kier alpha value is -1.46. The average Bonchev–Trinajstić information content (AvgIpc) is 2.99. The van der Waals surface area contributed by atoms with E-state index < -0.39 is 0 Å². The maximum Gasteiger partial charge on any atom is 0.170 e. The number of carbonyl (C=O) groups excluding carboxylic acids is 1. The van der Waals surface area contributed by atoms with Gasteiger partial charge in [-0.05, 0) is 38.9 Å². The molecule has 1 heterocycles. The summed E-state index contributed by atoms with van der Waals surface area (Å²) in [4.78, 5) is 14.7. The maximum atomic E-state index is 12.3. The maximum absolute atomic E-state index is 12.3. The standard InChI is InChI=1S/C16H23NO4.ClH/c1-20-12-10-14(19)16(15(11-12)21-2)13(18)6-5-9-17-7-3-4-8-17;/h10-11,19H,3-9H2,1-2H3;1H. The SMILES string of the molecule is COc1cc(O)c(C(=O)CCCN2CCCC2)c(OC)c1.Cl. The Kier molecular flexibility index (Phi) is 7.48. The molecule has 0 atom stereocenters. The van der Waals surface area contributed by atoms with Gasteiger partial charge in [0.1, 0.15) is 22.8 Å². The molecular weight excluding hydrogens is 306 g/mol. The Morgan fingerprint density at radius 3 is 2.50 bits per heavy atom. The third kappa shape index (κ3) is 4.52. The molecule has 1 aromatic carbocycles. The first-order valence-electron chi connectivity index (χ1n) is 7.36. The fourth-order valence-electron chi connectivity index (χ4n) is 2.73. The van der Waals surface area contributed by atoms with E-state index in [4.69, 9.17) is 9.47 Å². The van der Waals surface area contributed by atoms with Gasteiger partial charge in [0, 0.05) is 18.6 Å². The van der Waals surface area contributed by atoms with Gasteiger partial charge in [0.15, 0.2) is 5.78 Å². The van der Waals surface area contributed by atoms with Gasteiger partial charge in [0.2, 0.25) is 0 Å². The molecule has 1 fully saturated rings. The molecule has 6 heteroatoms. The summed E-state index contributed by atoms with van der Waals surface area (Å²) in [6.45, 7) is 3.20. The number of carbonyl (C=O) groups is 1. The van der Waals surface area contributed by atoms with Gasteiger partial charge in [-0.2, -0.15) is 0 Å². The second-order valence-corrected chi connectivity index (χ2v) is 5.30. The molecule has 0 amide bonds. The third-order valence-corrected chi connectivity index (χ3v) is 3.87. The van der Waals surface area contributed by atoms with E-state index in [0.717, 1.165) is 26.1 Å². The van der Waals surface area contributed by atoms with E-state index >= 15 is 0 Å². The van der Waals surface area contributed by atoms with Crippen molar-refractivity contribution >= 4 is 18.2 Å². The Morgan fingerprint density at radius 1 is 1.23 bits per heavy atom. The largest absolute Gasteiger partial charge is 0.507 e. The number of nitrogens with zero attached hydrogens (tertiary/aromatic N) is 1. The predicted octanol–water partition coefficient (Wildman–Crippen LogP) is 2.89. The van der Waals surface area contributed by atoms with Gasteiger partial charge in [-0.25, -0.2) is 0 Å². The number of phenolic OH excluding ortho intramolecular Hbond substituents is 1. The van der Waals surface area contributed by atoms with Crippen LogP contribution < -0.4 is 9.47 Å². The van der Waals surface area contributed by atoms with Crippen molar-refractivity contribution in [2.75, 3.05) is 33.9 Å². The van der Waals surface area contributed by atoms with Crippen LogP contribution in [-0.4, -0.2) is 49.6 Å². The quantitative estimate of drug-likeness (QED) is 0.779. The molecule has 22 heavy (non-hydrogen) atoms. The number of hydrogen-bond acceptors (Lipinski definition) is 5. The molecule has 0 unspecified atom stereocenters. The Morgan fingerprint density at radius 2 is 1.91 bits per heavy atom. The van der Waals surface area contributed by atoms with Gasteiger partial charge < -0.3 is 19.5 Å². The van der Waals surface area contributed by atoms with Crippen molar-refractivity contribution in [1.29, 1.82) is 0 Å². The molecule has 1 aliphatic rings. The van der Waals surface area contributed by atoms with Crippen molar-refractivity contribution in [2.45, 2.75) is 25.7 Å². The molecule has 0 bridgehead atoms. The van der Waals surface area contributed by atoms with Crippen LogP contribution in [-0.2, 0) is 0 Å². The van der Waals surface area contributed by atoms with Crippen molar-refractivity contribution in [2.24, 2.45) is 0 Å². The highest BCUT2D eigenvalue weighted by Crippen LogP contribution is 2.34. The van der Waals surface area contributed by atoms with E-state index in [9.17, 15) is 9.90 Å². The number of Topliss-reactive ketones (excluding diaryl/α,β-unsaturated/α-hetero) is 1. The number of halogens is 1. The molecule has 1 saturated heterocycles. The molecule has 5 nitrogen and oxygen atoms in total. The van der Waals surface area contributed by atoms with Crippen LogP contribution in [0.15, 0.2) is 12.1 Å². The Bertz CT molecular complexity index is 501. The van der Waals surface area contributed by atoms with Gasteiger partial charge in [-0.3, -0.25) is 4.79 Å². The smallest absolute Gasteiger partial charge is 0.170 e. The summed E-state index contributed by atoms with van der Waals surface area (Å²) < 4.78 is 10.3. The summed E-state index contributed by atoms with van der Waals surface area (Å²) in [5, 5.41) is 10.0. The molecule has 2 rings (SSSR count). The highest BCUT2D eigenvalue weighted by atomic mass is 35.5. The second kappa shape index (κ2) is 8.86.